The maximum Gasteiger partial charge on any atom is 0.905 e. The SMILES string of the molecule is C[O][Al]([O]C)[O]C(C)C. The maximum absolute atomic E-state index is 5.24. The molecule has 0 aliphatic heterocycles. The fourth-order valence-electron chi connectivity index (χ4n) is 0.430. The van der Waals surface area contributed by atoms with Crippen molar-refractivity contribution in [2.45, 2.75) is 20.0 Å². The van der Waals surface area contributed by atoms with Crippen molar-refractivity contribution in [3.63, 3.8) is 0 Å². The van der Waals surface area contributed by atoms with Gasteiger partial charge in [-0.15, -0.1) is 0 Å². The summed E-state index contributed by atoms with van der Waals surface area (Å²) in [5.41, 5.74) is 0. The fraction of sp³-hybridized carbons (Fsp3) is 1.00. The predicted octanol–water partition coefficient (Wildman–Crippen LogP) is 0.689. The molecular formula is C5H13AlO3. The lowest BCUT2D eigenvalue weighted by molar-refractivity contribution is 0.104. The topological polar surface area (TPSA) is 27.7 Å². The van der Waals surface area contributed by atoms with Crippen LogP contribution in [-0.4, -0.2) is 35.5 Å². The highest BCUT2D eigenvalue weighted by molar-refractivity contribution is 6.36. The Bertz CT molecular complexity index is 63.2. The minimum atomic E-state index is -1.75. The van der Waals surface area contributed by atoms with Gasteiger partial charge < -0.3 is 11.4 Å². The molecule has 0 aliphatic rings. The van der Waals surface area contributed by atoms with E-state index in [9.17, 15) is 0 Å². The van der Waals surface area contributed by atoms with E-state index in [1.165, 1.54) is 0 Å². The molecule has 0 saturated heterocycles. The van der Waals surface area contributed by atoms with Crippen molar-refractivity contribution in [1.82, 2.24) is 0 Å². The molecular weight excluding hydrogens is 135 g/mol. The molecule has 0 aromatic heterocycles. The number of rotatable bonds is 4. The Morgan fingerprint density at radius 2 is 1.56 bits per heavy atom. The van der Waals surface area contributed by atoms with E-state index in [1.807, 2.05) is 13.8 Å². The van der Waals surface area contributed by atoms with E-state index in [2.05, 4.69) is 0 Å². The Morgan fingerprint density at radius 3 is 1.67 bits per heavy atom. The summed E-state index contributed by atoms with van der Waals surface area (Å²) >= 11 is -1.75. The van der Waals surface area contributed by atoms with Gasteiger partial charge >= 0.3 is 15.1 Å². The summed E-state index contributed by atoms with van der Waals surface area (Å²) in [6.07, 6.45) is 0.196. The van der Waals surface area contributed by atoms with Gasteiger partial charge in [0.15, 0.2) is 0 Å². The molecule has 9 heavy (non-hydrogen) atoms. The van der Waals surface area contributed by atoms with Crippen LogP contribution in [0, 0.1) is 0 Å². The zero-order valence-electron chi connectivity index (χ0n) is 6.38. The lowest BCUT2D eigenvalue weighted by Gasteiger charge is -2.10. The second-order valence-electron chi connectivity index (χ2n) is 1.94. The van der Waals surface area contributed by atoms with Crippen molar-refractivity contribution in [3.8, 4) is 0 Å². The molecule has 0 atom stereocenters. The van der Waals surface area contributed by atoms with Crippen LogP contribution in [0.25, 0.3) is 0 Å². The van der Waals surface area contributed by atoms with Gasteiger partial charge in [-0.05, 0) is 13.8 Å². The van der Waals surface area contributed by atoms with Gasteiger partial charge in [-0.25, -0.2) is 0 Å². The van der Waals surface area contributed by atoms with Crippen LogP contribution >= 0.6 is 0 Å². The molecule has 0 aliphatic carbocycles. The van der Waals surface area contributed by atoms with Crippen molar-refractivity contribution < 1.29 is 11.4 Å². The first-order valence-corrected chi connectivity index (χ1v) is 4.33. The molecule has 0 spiro atoms. The van der Waals surface area contributed by atoms with Gasteiger partial charge in [0, 0.05) is 20.3 Å². The highest BCUT2D eigenvalue weighted by Gasteiger charge is 2.28. The van der Waals surface area contributed by atoms with Gasteiger partial charge in [-0.1, -0.05) is 0 Å². The monoisotopic (exact) mass is 148 g/mol. The summed E-state index contributed by atoms with van der Waals surface area (Å²) in [6.45, 7) is 3.91. The molecule has 0 bridgehead atoms. The quantitative estimate of drug-likeness (QED) is 0.549. The highest BCUT2D eigenvalue weighted by atomic mass is 27.3. The molecule has 0 N–H and O–H groups in total. The first kappa shape index (κ1) is 9.41. The summed E-state index contributed by atoms with van der Waals surface area (Å²) in [7, 11) is 3.20. The van der Waals surface area contributed by atoms with Crippen LogP contribution in [0.4, 0.5) is 0 Å². The molecule has 0 rings (SSSR count). The normalized spacial score (nSPS) is 10.3. The largest absolute Gasteiger partial charge is 0.905 e. The van der Waals surface area contributed by atoms with Crippen LogP contribution < -0.4 is 0 Å². The van der Waals surface area contributed by atoms with Gasteiger partial charge in [0.2, 0.25) is 0 Å². The highest BCUT2D eigenvalue weighted by Crippen LogP contribution is 1.93. The van der Waals surface area contributed by atoms with E-state index in [0.29, 0.717) is 0 Å². The van der Waals surface area contributed by atoms with Gasteiger partial charge in [0.05, 0.1) is 0 Å². The molecule has 4 heteroatoms. The third kappa shape index (κ3) is 4.89. The van der Waals surface area contributed by atoms with E-state index in [1.54, 1.807) is 14.2 Å². The standard InChI is InChI=1S/C3H7O.2CH3O.Al/c1-3(2)4;2*1-2;/h3H,1-2H3;2*1H3;/q3*-1;+3. The van der Waals surface area contributed by atoms with Crippen molar-refractivity contribution in [2.24, 2.45) is 0 Å². The Morgan fingerprint density at radius 1 is 1.11 bits per heavy atom. The zero-order valence-corrected chi connectivity index (χ0v) is 7.53. The van der Waals surface area contributed by atoms with Gasteiger partial charge in [-0.2, -0.15) is 0 Å². The average Bonchev–Trinajstić information content (AvgIpc) is 1.82. The molecule has 0 aromatic carbocycles. The molecule has 0 amide bonds. The minimum Gasteiger partial charge on any atom is -0.457 e. The summed E-state index contributed by atoms with van der Waals surface area (Å²) in [5.74, 6) is 0. The van der Waals surface area contributed by atoms with Gasteiger partial charge in [-0.3, -0.25) is 0 Å². The van der Waals surface area contributed by atoms with Gasteiger partial charge in [0.25, 0.3) is 0 Å². The molecule has 0 saturated carbocycles. The molecule has 0 fully saturated rings. The Balaban J connectivity index is 3.31. The maximum atomic E-state index is 5.24. The smallest absolute Gasteiger partial charge is 0.457 e. The summed E-state index contributed by atoms with van der Waals surface area (Å²) in [5, 5.41) is 0. The molecule has 0 heterocycles. The molecule has 0 radical (unpaired) electrons. The van der Waals surface area contributed by atoms with Crippen LogP contribution in [0.2, 0.25) is 0 Å². The number of hydrogen-bond donors (Lipinski definition) is 0. The lowest BCUT2D eigenvalue weighted by atomic mass is 10.5. The summed E-state index contributed by atoms with van der Waals surface area (Å²) < 4.78 is 15.1. The third-order valence-electron chi connectivity index (χ3n) is 0.768. The Hall–Kier alpha value is 0.412. The first-order valence-electron chi connectivity index (χ1n) is 2.91. The predicted molar refractivity (Wildman–Crippen MR) is 36.0 cm³/mol. The summed E-state index contributed by atoms with van der Waals surface area (Å²) in [6, 6.07) is 0. The molecule has 0 unspecified atom stereocenters. The molecule has 54 valence electrons. The zero-order chi connectivity index (χ0) is 7.28. The molecule has 3 nitrogen and oxygen atoms in total. The van der Waals surface area contributed by atoms with Crippen LogP contribution in [0.5, 0.6) is 0 Å². The van der Waals surface area contributed by atoms with Crippen LogP contribution in [-0.2, 0) is 11.4 Å². The van der Waals surface area contributed by atoms with E-state index < -0.39 is 15.1 Å². The minimum absolute atomic E-state index is 0.196. The van der Waals surface area contributed by atoms with Crippen molar-refractivity contribution in [3.05, 3.63) is 0 Å². The van der Waals surface area contributed by atoms with Crippen LogP contribution in [0.3, 0.4) is 0 Å². The fourth-order valence-corrected chi connectivity index (χ4v) is 1.29. The van der Waals surface area contributed by atoms with E-state index in [-0.39, 0.29) is 6.10 Å². The Labute approximate surface area is 61.3 Å². The Kier molecular flexibility index (Phi) is 5.46. The van der Waals surface area contributed by atoms with Crippen molar-refractivity contribution in [2.75, 3.05) is 14.2 Å². The first-order chi connectivity index (χ1) is 4.20. The van der Waals surface area contributed by atoms with E-state index in [0.717, 1.165) is 0 Å². The second kappa shape index (κ2) is 5.22. The van der Waals surface area contributed by atoms with Crippen LogP contribution in [0.1, 0.15) is 13.8 Å². The second-order valence-corrected chi connectivity index (χ2v) is 3.74. The van der Waals surface area contributed by atoms with Crippen molar-refractivity contribution >= 4 is 15.1 Å². The van der Waals surface area contributed by atoms with Crippen molar-refractivity contribution in [1.29, 1.82) is 0 Å². The van der Waals surface area contributed by atoms with E-state index >= 15 is 0 Å². The third-order valence-corrected chi connectivity index (χ3v) is 2.30. The summed E-state index contributed by atoms with van der Waals surface area (Å²) in [4.78, 5) is 0. The molecule has 0 aromatic rings. The van der Waals surface area contributed by atoms with E-state index in [4.69, 9.17) is 11.4 Å². The average molecular weight is 148 g/mol. The lowest BCUT2D eigenvalue weighted by Crippen LogP contribution is -2.27. The number of hydrogen-bond acceptors (Lipinski definition) is 3. The van der Waals surface area contributed by atoms with Gasteiger partial charge in [0.1, 0.15) is 0 Å². The van der Waals surface area contributed by atoms with Crippen LogP contribution in [0.15, 0.2) is 0 Å².